The van der Waals surface area contributed by atoms with Gasteiger partial charge in [0, 0.05) is 10.8 Å². The van der Waals surface area contributed by atoms with Gasteiger partial charge in [0.2, 0.25) is 0 Å². The smallest absolute Gasteiger partial charge is 0.135 e. The summed E-state index contributed by atoms with van der Waals surface area (Å²) in [5.74, 6) is 6.18. The van der Waals surface area contributed by atoms with E-state index in [1.807, 2.05) is 12.1 Å². The molecule has 1 aromatic rings. The van der Waals surface area contributed by atoms with Crippen LogP contribution in [0, 0.1) is 17.3 Å². The van der Waals surface area contributed by atoms with Gasteiger partial charge in [-0.3, -0.25) is 0 Å². The summed E-state index contributed by atoms with van der Waals surface area (Å²) >= 11 is 0. The SMILES string of the molecule is CC(C)(C)C#Cc1ccc(C(C)(C)C)nn1. The monoisotopic (exact) mass is 216 g/mol. The van der Waals surface area contributed by atoms with Crippen LogP contribution in [0.15, 0.2) is 12.1 Å². The van der Waals surface area contributed by atoms with Gasteiger partial charge >= 0.3 is 0 Å². The molecule has 0 aliphatic rings. The summed E-state index contributed by atoms with van der Waals surface area (Å²) in [4.78, 5) is 0. The minimum Gasteiger partial charge on any atom is -0.154 e. The molecule has 0 bridgehead atoms. The first-order valence-corrected chi connectivity index (χ1v) is 5.56. The van der Waals surface area contributed by atoms with Gasteiger partial charge < -0.3 is 0 Å². The van der Waals surface area contributed by atoms with Crippen molar-refractivity contribution in [2.75, 3.05) is 0 Å². The molecule has 0 aliphatic carbocycles. The third kappa shape index (κ3) is 4.02. The minimum atomic E-state index is 0.00434. The Kier molecular flexibility index (Phi) is 3.38. The lowest BCUT2D eigenvalue weighted by atomic mass is 9.92. The van der Waals surface area contributed by atoms with Crippen molar-refractivity contribution in [1.29, 1.82) is 0 Å². The highest BCUT2D eigenvalue weighted by Gasteiger charge is 2.15. The number of rotatable bonds is 0. The number of aromatic nitrogens is 2. The van der Waals surface area contributed by atoms with Crippen LogP contribution >= 0.6 is 0 Å². The summed E-state index contributed by atoms with van der Waals surface area (Å²) in [6, 6.07) is 3.94. The van der Waals surface area contributed by atoms with Crippen molar-refractivity contribution in [3.05, 3.63) is 23.5 Å². The molecular formula is C14H20N2. The zero-order chi connectivity index (χ0) is 12.4. The van der Waals surface area contributed by atoms with Crippen molar-refractivity contribution in [1.82, 2.24) is 10.2 Å². The summed E-state index contributed by atoms with van der Waals surface area (Å²) in [7, 11) is 0. The molecule has 86 valence electrons. The Balaban J connectivity index is 2.91. The average molecular weight is 216 g/mol. The van der Waals surface area contributed by atoms with E-state index in [0.29, 0.717) is 0 Å². The zero-order valence-electron chi connectivity index (χ0n) is 11.0. The van der Waals surface area contributed by atoms with E-state index < -0.39 is 0 Å². The lowest BCUT2D eigenvalue weighted by molar-refractivity contribution is 0.557. The zero-order valence-corrected chi connectivity index (χ0v) is 11.0. The Bertz CT molecular complexity index is 405. The van der Waals surface area contributed by atoms with Crippen molar-refractivity contribution in [2.24, 2.45) is 5.41 Å². The van der Waals surface area contributed by atoms with Crippen molar-refractivity contribution in [3.8, 4) is 11.8 Å². The highest BCUT2D eigenvalue weighted by atomic mass is 15.1. The van der Waals surface area contributed by atoms with Crippen LogP contribution in [-0.2, 0) is 5.41 Å². The Labute approximate surface area is 98.5 Å². The van der Waals surface area contributed by atoms with Gasteiger partial charge in [0.25, 0.3) is 0 Å². The van der Waals surface area contributed by atoms with Gasteiger partial charge in [-0.25, -0.2) is 0 Å². The first-order valence-electron chi connectivity index (χ1n) is 5.56. The Morgan fingerprint density at radius 1 is 0.938 bits per heavy atom. The predicted octanol–water partition coefficient (Wildman–Crippen LogP) is 3.17. The van der Waals surface area contributed by atoms with Gasteiger partial charge in [-0.15, -0.1) is 5.10 Å². The van der Waals surface area contributed by atoms with E-state index in [4.69, 9.17) is 0 Å². The standard InChI is InChI=1S/C14H20N2/c1-13(2,3)10-9-11-7-8-12(16-15-11)14(4,5)6/h7-8H,1-6H3. The highest BCUT2D eigenvalue weighted by molar-refractivity contribution is 5.29. The fraction of sp³-hybridized carbons (Fsp3) is 0.571. The van der Waals surface area contributed by atoms with E-state index in [9.17, 15) is 0 Å². The Hall–Kier alpha value is -1.36. The molecule has 0 saturated carbocycles. The molecule has 0 fully saturated rings. The second-order valence-corrected chi connectivity index (χ2v) is 6.05. The molecule has 1 rings (SSSR count). The summed E-state index contributed by atoms with van der Waals surface area (Å²) in [6.07, 6.45) is 0. The van der Waals surface area contributed by atoms with Crippen LogP contribution in [0.2, 0.25) is 0 Å². The maximum atomic E-state index is 4.20. The molecule has 0 saturated heterocycles. The normalized spacial score (nSPS) is 11.9. The van der Waals surface area contributed by atoms with Crippen molar-refractivity contribution in [2.45, 2.75) is 47.0 Å². The summed E-state index contributed by atoms with van der Waals surface area (Å²) in [5, 5.41) is 8.32. The van der Waals surface area contributed by atoms with E-state index in [1.54, 1.807) is 0 Å². The van der Waals surface area contributed by atoms with Gasteiger partial charge in [-0.2, -0.15) is 5.10 Å². The third-order valence-corrected chi connectivity index (χ3v) is 2.00. The molecular weight excluding hydrogens is 196 g/mol. The fourth-order valence-electron chi connectivity index (χ4n) is 1.05. The fourth-order valence-corrected chi connectivity index (χ4v) is 1.05. The molecule has 0 aromatic carbocycles. The van der Waals surface area contributed by atoms with Crippen LogP contribution in [0.5, 0.6) is 0 Å². The van der Waals surface area contributed by atoms with E-state index in [0.717, 1.165) is 11.4 Å². The van der Waals surface area contributed by atoms with Gasteiger partial charge in [-0.05, 0) is 38.8 Å². The van der Waals surface area contributed by atoms with E-state index in [-0.39, 0.29) is 10.8 Å². The summed E-state index contributed by atoms with van der Waals surface area (Å²) in [5.41, 5.74) is 1.78. The molecule has 0 aliphatic heterocycles. The Morgan fingerprint density at radius 2 is 1.56 bits per heavy atom. The number of hydrogen-bond acceptors (Lipinski definition) is 2. The Morgan fingerprint density at radius 3 is 1.94 bits per heavy atom. The van der Waals surface area contributed by atoms with Gasteiger partial charge in [-0.1, -0.05) is 26.7 Å². The van der Waals surface area contributed by atoms with E-state index in [1.165, 1.54) is 0 Å². The largest absolute Gasteiger partial charge is 0.154 e. The molecule has 0 atom stereocenters. The predicted molar refractivity (Wildman–Crippen MR) is 67.1 cm³/mol. The summed E-state index contributed by atoms with van der Waals surface area (Å²) in [6.45, 7) is 12.6. The van der Waals surface area contributed by atoms with Gasteiger partial charge in [0.1, 0.15) is 5.69 Å². The third-order valence-electron chi connectivity index (χ3n) is 2.00. The molecule has 0 amide bonds. The van der Waals surface area contributed by atoms with Crippen LogP contribution in [0.4, 0.5) is 0 Å². The number of hydrogen-bond donors (Lipinski definition) is 0. The average Bonchev–Trinajstić information content (AvgIpc) is 2.13. The maximum absolute atomic E-state index is 4.20. The van der Waals surface area contributed by atoms with Gasteiger partial charge in [0.05, 0.1) is 5.69 Å². The topological polar surface area (TPSA) is 25.8 Å². The van der Waals surface area contributed by atoms with Crippen molar-refractivity contribution in [3.63, 3.8) is 0 Å². The van der Waals surface area contributed by atoms with Gasteiger partial charge in [0.15, 0.2) is 0 Å². The number of nitrogens with zero attached hydrogens (tertiary/aromatic N) is 2. The molecule has 16 heavy (non-hydrogen) atoms. The molecule has 0 unspecified atom stereocenters. The molecule has 1 aromatic heterocycles. The van der Waals surface area contributed by atoms with E-state index >= 15 is 0 Å². The first kappa shape index (κ1) is 12.7. The van der Waals surface area contributed by atoms with Crippen LogP contribution in [-0.4, -0.2) is 10.2 Å². The molecule has 0 radical (unpaired) electrons. The lowest BCUT2D eigenvalue weighted by Gasteiger charge is -2.16. The van der Waals surface area contributed by atoms with E-state index in [2.05, 4.69) is 63.6 Å². The second-order valence-electron chi connectivity index (χ2n) is 6.05. The summed E-state index contributed by atoms with van der Waals surface area (Å²) < 4.78 is 0. The second kappa shape index (κ2) is 4.25. The van der Waals surface area contributed by atoms with Crippen LogP contribution < -0.4 is 0 Å². The van der Waals surface area contributed by atoms with Crippen molar-refractivity contribution >= 4 is 0 Å². The molecule has 2 heteroatoms. The molecule has 0 spiro atoms. The molecule has 0 N–H and O–H groups in total. The van der Waals surface area contributed by atoms with Crippen LogP contribution in [0.25, 0.3) is 0 Å². The first-order chi connectivity index (χ1) is 7.18. The van der Waals surface area contributed by atoms with Crippen LogP contribution in [0.1, 0.15) is 52.9 Å². The minimum absolute atomic E-state index is 0.00434. The van der Waals surface area contributed by atoms with Crippen molar-refractivity contribution < 1.29 is 0 Å². The highest BCUT2D eigenvalue weighted by Crippen LogP contribution is 2.18. The quantitative estimate of drug-likeness (QED) is 0.622. The van der Waals surface area contributed by atoms with Crippen LogP contribution in [0.3, 0.4) is 0 Å². The molecule has 1 heterocycles. The maximum Gasteiger partial charge on any atom is 0.135 e. The molecule has 2 nitrogen and oxygen atoms in total. The lowest BCUT2D eigenvalue weighted by Crippen LogP contribution is -2.14.